The zero-order valence-electron chi connectivity index (χ0n) is 22.4. The fourth-order valence-electron chi connectivity index (χ4n) is 5.93. The van der Waals surface area contributed by atoms with Gasteiger partial charge in [0, 0.05) is 23.7 Å². The second kappa shape index (κ2) is 11.0. The average Bonchev–Trinajstić information content (AvgIpc) is 3.56. The highest BCUT2D eigenvalue weighted by Crippen LogP contribution is 2.37. The van der Waals surface area contributed by atoms with Crippen molar-refractivity contribution in [3.05, 3.63) is 65.1 Å². The van der Waals surface area contributed by atoms with Gasteiger partial charge in [-0.3, -0.25) is 0 Å². The second-order valence-corrected chi connectivity index (χ2v) is 11.0. The van der Waals surface area contributed by atoms with E-state index >= 15 is 0 Å². The van der Waals surface area contributed by atoms with E-state index in [0.717, 1.165) is 49.3 Å². The molecule has 6 rings (SSSR count). The van der Waals surface area contributed by atoms with Crippen LogP contribution in [0.1, 0.15) is 32.6 Å². The van der Waals surface area contributed by atoms with Crippen LogP contribution in [0, 0.1) is 11.8 Å². The van der Waals surface area contributed by atoms with E-state index in [1.54, 1.807) is 0 Å². The quantitative estimate of drug-likeness (QED) is 0.304. The number of aromatic nitrogens is 6. The van der Waals surface area contributed by atoms with Crippen LogP contribution >= 0.6 is 11.6 Å². The minimum absolute atomic E-state index is 0.00186. The molecule has 1 aliphatic heterocycles. The van der Waals surface area contributed by atoms with Crippen molar-refractivity contribution in [1.29, 1.82) is 0 Å². The zero-order valence-corrected chi connectivity index (χ0v) is 23.2. The molecule has 2 fully saturated rings. The third-order valence-electron chi connectivity index (χ3n) is 8.03. The summed E-state index contributed by atoms with van der Waals surface area (Å²) in [7, 11) is 0. The molecule has 0 spiro atoms. The molecular weight excluding hydrogens is 530 g/mol. The highest BCUT2D eigenvalue weighted by molar-refractivity contribution is 6.30. The number of morpholine rings is 1. The lowest BCUT2D eigenvalue weighted by molar-refractivity contribution is 0.0345. The van der Waals surface area contributed by atoms with Crippen LogP contribution in [0.5, 0.6) is 0 Å². The number of nitrogens with one attached hydrogen (secondary N) is 1. The van der Waals surface area contributed by atoms with Gasteiger partial charge in [0.2, 0.25) is 11.8 Å². The van der Waals surface area contributed by atoms with E-state index in [0.29, 0.717) is 41.4 Å². The van der Waals surface area contributed by atoms with Gasteiger partial charge < -0.3 is 18.6 Å². The first-order valence-corrected chi connectivity index (χ1v) is 14.1. The third kappa shape index (κ3) is 4.97. The summed E-state index contributed by atoms with van der Waals surface area (Å²) >= 11 is 6.43. The fraction of sp³-hybridized carbons (Fsp3) is 0.414. The van der Waals surface area contributed by atoms with E-state index in [1.165, 1.54) is 0 Å². The van der Waals surface area contributed by atoms with Crippen molar-refractivity contribution >= 4 is 28.7 Å². The smallest absolute Gasteiger partial charge is 0.384 e. The number of rotatable bonds is 7. The van der Waals surface area contributed by atoms with Gasteiger partial charge in [-0.15, -0.1) is 18.3 Å². The number of fused-ring (bicyclic) bond motifs is 1. The van der Waals surface area contributed by atoms with E-state index in [-0.39, 0.29) is 23.9 Å². The Kier molecular flexibility index (Phi) is 7.29. The molecule has 1 aromatic carbocycles. The number of aromatic amines is 1. The molecule has 0 bridgehead atoms. The third-order valence-corrected chi connectivity index (χ3v) is 8.26. The number of nitrogens with zero attached hydrogens (tertiary/aromatic N) is 6. The number of hydrogen-bond donors (Lipinski definition) is 1. The Morgan fingerprint density at radius 2 is 1.98 bits per heavy atom. The summed E-state index contributed by atoms with van der Waals surface area (Å²) < 4.78 is 13.4. The molecular formula is C29H32ClN7O3. The molecule has 2 atom stereocenters. The summed E-state index contributed by atoms with van der Waals surface area (Å²) in [5.74, 6) is 1.30. The van der Waals surface area contributed by atoms with Crippen LogP contribution in [0.25, 0.3) is 34.1 Å². The summed E-state index contributed by atoms with van der Waals surface area (Å²) in [5, 5.41) is 6.85. The van der Waals surface area contributed by atoms with Crippen LogP contribution in [0.4, 0.5) is 5.95 Å². The molecule has 4 aromatic rings. The highest BCUT2D eigenvalue weighted by atomic mass is 35.5. The van der Waals surface area contributed by atoms with Gasteiger partial charge in [-0.25, -0.2) is 19.9 Å². The molecule has 40 heavy (non-hydrogen) atoms. The van der Waals surface area contributed by atoms with Crippen LogP contribution in [-0.4, -0.2) is 55.0 Å². The minimum Gasteiger partial charge on any atom is -0.384 e. The minimum atomic E-state index is -0.680. The van der Waals surface area contributed by atoms with Gasteiger partial charge in [-0.2, -0.15) is 4.98 Å². The number of H-pyrrole nitrogens is 1. The van der Waals surface area contributed by atoms with Crippen LogP contribution in [0.2, 0.25) is 5.02 Å². The molecule has 0 amide bonds. The van der Waals surface area contributed by atoms with Gasteiger partial charge in [0.25, 0.3) is 5.89 Å². The first-order valence-electron chi connectivity index (χ1n) is 13.7. The Morgan fingerprint density at radius 1 is 1.15 bits per heavy atom. The molecule has 1 N–H and O–H groups in total. The van der Waals surface area contributed by atoms with Gasteiger partial charge in [-0.05, 0) is 56.6 Å². The predicted octanol–water partition coefficient (Wildman–Crippen LogP) is 5.26. The number of ether oxygens (including phenoxy) is 1. The largest absolute Gasteiger partial charge is 0.434 e. The summed E-state index contributed by atoms with van der Waals surface area (Å²) in [6.07, 6.45) is 8.40. The Bertz CT molecular complexity index is 1600. The number of benzene rings is 1. The van der Waals surface area contributed by atoms with E-state index in [1.807, 2.05) is 30.3 Å². The molecule has 0 radical (unpaired) electrons. The molecule has 3 aromatic heterocycles. The maximum atomic E-state index is 11.7. The van der Waals surface area contributed by atoms with E-state index in [4.69, 9.17) is 35.7 Å². The van der Waals surface area contributed by atoms with E-state index in [2.05, 4.69) is 45.8 Å². The SMILES string of the molecule is C=CC1CCC(Cn2c(N3CCO[C@@H](C)[C@H]3C=C)nc3nc(-c4n[nH]c(=O)o4)nc(-c4cccc(Cl)c4)c32)CC1. The van der Waals surface area contributed by atoms with Gasteiger partial charge >= 0.3 is 5.76 Å². The second-order valence-electron chi connectivity index (χ2n) is 10.5. The number of allylic oxidation sites excluding steroid dienone is 1. The van der Waals surface area contributed by atoms with Gasteiger partial charge in [0.05, 0.1) is 18.8 Å². The number of imidazole rings is 1. The van der Waals surface area contributed by atoms with Crippen molar-refractivity contribution in [3.8, 4) is 23.0 Å². The maximum Gasteiger partial charge on any atom is 0.434 e. The normalized spacial score (nSPS) is 23.4. The summed E-state index contributed by atoms with van der Waals surface area (Å²) in [5.41, 5.74) is 2.73. The summed E-state index contributed by atoms with van der Waals surface area (Å²) in [6, 6.07) is 7.46. The summed E-state index contributed by atoms with van der Waals surface area (Å²) in [6.45, 7) is 12.2. The van der Waals surface area contributed by atoms with Crippen LogP contribution < -0.4 is 10.7 Å². The van der Waals surface area contributed by atoms with Crippen LogP contribution in [-0.2, 0) is 11.3 Å². The number of anilines is 1. The van der Waals surface area contributed by atoms with Crippen molar-refractivity contribution in [3.63, 3.8) is 0 Å². The first kappa shape index (κ1) is 26.5. The molecule has 10 nitrogen and oxygen atoms in total. The van der Waals surface area contributed by atoms with Crippen molar-refractivity contribution in [2.45, 2.75) is 51.3 Å². The predicted molar refractivity (Wildman–Crippen MR) is 154 cm³/mol. The highest BCUT2D eigenvalue weighted by Gasteiger charge is 2.33. The maximum absolute atomic E-state index is 11.7. The first-order chi connectivity index (χ1) is 19.4. The Morgan fingerprint density at radius 3 is 2.67 bits per heavy atom. The lowest BCUT2D eigenvalue weighted by atomic mass is 9.82. The van der Waals surface area contributed by atoms with Crippen molar-refractivity contribution in [2.24, 2.45) is 11.8 Å². The van der Waals surface area contributed by atoms with Crippen molar-refractivity contribution in [1.82, 2.24) is 29.7 Å². The van der Waals surface area contributed by atoms with E-state index in [9.17, 15) is 4.79 Å². The fourth-order valence-corrected chi connectivity index (χ4v) is 6.12. The zero-order chi connectivity index (χ0) is 27.8. The van der Waals surface area contributed by atoms with Gasteiger partial charge in [-0.1, -0.05) is 35.9 Å². The Balaban J connectivity index is 1.57. The number of hydrogen-bond acceptors (Lipinski definition) is 8. The summed E-state index contributed by atoms with van der Waals surface area (Å²) in [4.78, 5) is 28.7. The molecule has 1 saturated carbocycles. The molecule has 0 unspecified atom stereocenters. The molecule has 11 heteroatoms. The molecule has 1 saturated heterocycles. The Hall–Kier alpha value is -3.76. The van der Waals surface area contributed by atoms with Crippen molar-refractivity contribution < 1.29 is 9.15 Å². The topological polar surface area (TPSA) is 115 Å². The lowest BCUT2D eigenvalue weighted by Crippen LogP contribution is -2.50. The van der Waals surface area contributed by atoms with Gasteiger partial charge in [0.1, 0.15) is 11.2 Å². The van der Waals surface area contributed by atoms with Gasteiger partial charge in [0.15, 0.2) is 5.65 Å². The average molecular weight is 562 g/mol. The van der Waals surface area contributed by atoms with Crippen LogP contribution in [0.3, 0.4) is 0 Å². The molecule has 2 aliphatic rings. The van der Waals surface area contributed by atoms with Crippen LogP contribution in [0.15, 0.2) is 58.8 Å². The standard InChI is InChI=1S/C29H32ClN7O3/c1-4-18-9-11-19(12-10-18)16-37-24-23(20-7-6-8-21(30)15-20)31-26(27-34-35-29(38)40-27)32-25(24)33-28(37)36-13-14-39-17(3)22(36)5-2/h4-8,15,17-19,22H,1-2,9-14,16H2,3H3,(H,35,38)/t17-,18?,19?,22+/m0/s1. The van der Waals surface area contributed by atoms with E-state index < -0.39 is 5.76 Å². The molecule has 208 valence electrons. The molecule has 4 heterocycles. The van der Waals surface area contributed by atoms with Crippen molar-refractivity contribution in [2.75, 3.05) is 18.1 Å². The lowest BCUT2D eigenvalue weighted by Gasteiger charge is -2.39. The monoisotopic (exact) mass is 561 g/mol. The number of halogens is 1. The molecule has 1 aliphatic carbocycles. The Labute approximate surface area is 236 Å².